The molecule has 3 aromatic rings. The van der Waals surface area contributed by atoms with Crippen LogP contribution >= 0.6 is 0 Å². The number of fused-ring (bicyclic) bond motifs is 1. The largest absolute Gasteiger partial charge is 0.324 e. The molecule has 2 N–H and O–H groups in total. The first kappa shape index (κ1) is 17.9. The predicted molar refractivity (Wildman–Crippen MR) is 107 cm³/mol. The van der Waals surface area contributed by atoms with Crippen LogP contribution in [0.5, 0.6) is 0 Å². The number of anilines is 2. The molecule has 1 aromatic heterocycles. The van der Waals surface area contributed by atoms with Crippen molar-refractivity contribution in [3.63, 3.8) is 0 Å². The average Bonchev–Trinajstić information content (AvgIpc) is 3.07. The van der Waals surface area contributed by atoms with Crippen LogP contribution in [0.3, 0.4) is 0 Å². The molecule has 0 bridgehead atoms. The van der Waals surface area contributed by atoms with Gasteiger partial charge in [-0.25, -0.2) is 4.68 Å². The Kier molecular flexibility index (Phi) is 4.43. The SMILES string of the molecule is Cc1ccc(-c2nc3n(n2)C(C(=O)Nc2ccc(C)cc2C)CC(=O)N3)cc1. The van der Waals surface area contributed by atoms with Gasteiger partial charge in [0.25, 0.3) is 0 Å². The molecule has 0 aliphatic carbocycles. The van der Waals surface area contributed by atoms with Crippen molar-refractivity contribution >= 4 is 23.5 Å². The summed E-state index contributed by atoms with van der Waals surface area (Å²) >= 11 is 0. The van der Waals surface area contributed by atoms with E-state index in [4.69, 9.17) is 0 Å². The lowest BCUT2D eigenvalue weighted by molar-refractivity contribution is -0.125. The van der Waals surface area contributed by atoms with E-state index in [2.05, 4.69) is 20.7 Å². The Morgan fingerprint density at radius 2 is 1.82 bits per heavy atom. The van der Waals surface area contributed by atoms with Gasteiger partial charge < -0.3 is 5.32 Å². The number of aromatic nitrogens is 3. The summed E-state index contributed by atoms with van der Waals surface area (Å²) in [6.07, 6.45) is 0.0143. The zero-order chi connectivity index (χ0) is 19.8. The van der Waals surface area contributed by atoms with E-state index in [9.17, 15) is 9.59 Å². The Morgan fingerprint density at radius 1 is 1.11 bits per heavy atom. The highest BCUT2D eigenvalue weighted by Crippen LogP contribution is 2.28. The number of carbonyl (C=O) groups is 2. The summed E-state index contributed by atoms with van der Waals surface area (Å²) in [5.41, 5.74) is 4.77. The molecule has 2 amide bonds. The van der Waals surface area contributed by atoms with Gasteiger partial charge in [0.15, 0.2) is 5.82 Å². The fraction of sp³-hybridized carbons (Fsp3) is 0.238. The topological polar surface area (TPSA) is 88.9 Å². The molecule has 1 unspecified atom stereocenters. The third-order valence-corrected chi connectivity index (χ3v) is 4.81. The second kappa shape index (κ2) is 6.92. The minimum atomic E-state index is -0.754. The van der Waals surface area contributed by atoms with Crippen molar-refractivity contribution in [2.24, 2.45) is 0 Å². The molecule has 1 atom stereocenters. The number of amides is 2. The molecule has 0 saturated heterocycles. The number of benzene rings is 2. The lowest BCUT2D eigenvalue weighted by Gasteiger charge is -2.22. The summed E-state index contributed by atoms with van der Waals surface area (Å²) in [4.78, 5) is 29.5. The molecule has 7 nitrogen and oxygen atoms in total. The summed E-state index contributed by atoms with van der Waals surface area (Å²) < 4.78 is 1.50. The van der Waals surface area contributed by atoms with Gasteiger partial charge in [0, 0.05) is 11.3 Å². The fourth-order valence-electron chi connectivity index (χ4n) is 3.26. The minimum Gasteiger partial charge on any atom is -0.324 e. The Balaban J connectivity index is 1.65. The standard InChI is InChI=1S/C21H21N5O2/c1-12-4-7-15(8-5-12)19-24-21-23-18(27)11-17(26(21)25-19)20(28)22-16-9-6-13(2)10-14(16)3/h4-10,17H,11H2,1-3H3,(H,22,28)(H,23,24,25,27). The Labute approximate surface area is 162 Å². The third-order valence-electron chi connectivity index (χ3n) is 4.81. The first-order chi connectivity index (χ1) is 13.4. The normalized spacial score (nSPS) is 15.7. The highest BCUT2D eigenvalue weighted by molar-refractivity contribution is 6.01. The van der Waals surface area contributed by atoms with Crippen molar-refractivity contribution in [1.29, 1.82) is 0 Å². The van der Waals surface area contributed by atoms with Crippen LogP contribution in [0.1, 0.15) is 29.2 Å². The molecular formula is C21H21N5O2. The average molecular weight is 375 g/mol. The maximum Gasteiger partial charge on any atom is 0.249 e. The van der Waals surface area contributed by atoms with Crippen LogP contribution in [0.4, 0.5) is 11.6 Å². The van der Waals surface area contributed by atoms with Gasteiger partial charge in [-0.15, -0.1) is 5.10 Å². The fourth-order valence-corrected chi connectivity index (χ4v) is 3.26. The van der Waals surface area contributed by atoms with Crippen molar-refractivity contribution in [3.05, 3.63) is 59.2 Å². The number of aryl methyl sites for hydroxylation is 3. The molecule has 7 heteroatoms. The van der Waals surface area contributed by atoms with Gasteiger partial charge in [0.2, 0.25) is 17.8 Å². The van der Waals surface area contributed by atoms with E-state index in [0.29, 0.717) is 5.82 Å². The van der Waals surface area contributed by atoms with Crippen LogP contribution < -0.4 is 10.6 Å². The van der Waals surface area contributed by atoms with Crippen LogP contribution in [0, 0.1) is 20.8 Å². The number of nitrogens with one attached hydrogen (secondary N) is 2. The molecule has 4 rings (SSSR count). The van der Waals surface area contributed by atoms with Gasteiger partial charge in [0.05, 0.1) is 6.42 Å². The van der Waals surface area contributed by atoms with E-state index in [1.165, 1.54) is 4.68 Å². The van der Waals surface area contributed by atoms with Gasteiger partial charge in [0.1, 0.15) is 6.04 Å². The summed E-state index contributed by atoms with van der Waals surface area (Å²) in [6.45, 7) is 5.94. The summed E-state index contributed by atoms with van der Waals surface area (Å²) in [6, 6.07) is 12.8. The number of nitrogens with zero attached hydrogens (tertiary/aromatic N) is 3. The van der Waals surface area contributed by atoms with Crippen molar-refractivity contribution in [2.75, 3.05) is 10.6 Å². The molecule has 1 aliphatic heterocycles. The third kappa shape index (κ3) is 3.38. The van der Waals surface area contributed by atoms with Crippen molar-refractivity contribution in [3.8, 4) is 11.4 Å². The van der Waals surface area contributed by atoms with E-state index in [-0.39, 0.29) is 24.2 Å². The van der Waals surface area contributed by atoms with E-state index in [1.807, 2.05) is 63.2 Å². The van der Waals surface area contributed by atoms with E-state index in [1.54, 1.807) is 0 Å². The van der Waals surface area contributed by atoms with Crippen LogP contribution in [0.2, 0.25) is 0 Å². The zero-order valence-corrected chi connectivity index (χ0v) is 16.0. The molecule has 0 spiro atoms. The van der Waals surface area contributed by atoms with Crippen LogP contribution in [0.25, 0.3) is 11.4 Å². The number of carbonyl (C=O) groups excluding carboxylic acids is 2. The monoisotopic (exact) mass is 375 g/mol. The van der Waals surface area contributed by atoms with Gasteiger partial charge in [-0.3, -0.25) is 14.9 Å². The molecule has 2 heterocycles. The summed E-state index contributed by atoms with van der Waals surface area (Å²) in [5.74, 6) is 0.216. The van der Waals surface area contributed by atoms with Crippen molar-refractivity contribution in [1.82, 2.24) is 14.8 Å². The Morgan fingerprint density at radius 3 is 2.54 bits per heavy atom. The molecule has 0 radical (unpaired) electrons. The summed E-state index contributed by atoms with van der Waals surface area (Å²) in [5, 5.41) is 10.1. The van der Waals surface area contributed by atoms with Gasteiger partial charge in [-0.1, -0.05) is 47.5 Å². The molecule has 0 saturated carbocycles. The second-order valence-electron chi connectivity index (χ2n) is 7.15. The molecule has 2 aromatic carbocycles. The quantitative estimate of drug-likeness (QED) is 0.734. The second-order valence-corrected chi connectivity index (χ2v) is 7.15. The Hall–Kier alpha value is -3.48. The molecule has 0 fully saturated rings. The van der Waals surface area contributed by atoms with Crippen LogP contribution in [-0.2, 0) is 9.59 Å². The smallest absolute Gasteiger partial charge is 0.249 e. The van der Waals surface area contributed by atoms with E-state index >= 15 is 0 Å². The van der Waals surface area contributed by atoms with Crippen LogP contribution in [0.15, 0.2) is 42.5 Å². The van der Waals surface area contributed by atoms with Gasteiger partial charge in [-0.2, -0.15) is 4.98 Å². The zero-order valence-electron chi connectivity index (χ0n) is 16.0. The Bertz CT molecular complexity index is 1070. The first-order valence-corrected chi connectivity index (χ1v) is 9.12. The molecule has 142 valence electrons. The maximum atomic E-state index is 12.9. The van der Waals surface area contributed by atoms with Gasteiger partial charge >= 0.3 is 0 Å². The van der Waals surface area contributed by atoms with Gasteiger partial charge in [-0.05, 0) is 32.4 Å². The number of rotatable bonds is 3. The molecule has 28 heavy (non-hydrogen) atoms. The van der Waals surface area contributed by atoms with E-state index in [0.717, 1.165) is 27.9 Å². The molecular weight excluding hydrogens is 354 g/mol. The minimum absolute atomic E-state index is 0.0143. The number of hydrogen-bond donors (Lipinski definition) is 2. The lowest BCUT2D eigenvalue weighted by atomic mass is 10.1. The lowest BCUT2D eigenvalue weighted by Crippen LogP contribution is -2.36. The maximum absolute atomic E-state index is 12.9. The summed E-state index contributed by atoms with van der Waals surface area (Å²) in [7, 11) is 0. The number of hydrogen-bond acceptors (Lipinski definition) is 4. The highest BCUT2D eigenvalue weighted by Gasteiger charge is 2.33. The predicted octanol–water partition coefficient (Wildman–Crippen LogP) is 3.39. The first-order valence-electron chi connectivity index (χ1n) is 9.12. The van der Waals surface area contributed by atoms with E-state index < -0.39 is 6.04 Å². The highest BCUT2D eigenvalue weighted by atomic mass is 16.2. The van der Waals surface area contributed by atoms with Crippen LogP contribution in [-0.4, -0.2) is 26.6 Å². The van der Waals surface area contributed by atoms with Crippen molar-refractivity contribution in [2.45, 2.75) is 33.2 Å². The molecule has 1 aliphatic rings. The van der Waals surface area contributed by atoms with Crippen molar-refractivity contribution < 1.29 is 9.59 Å².